The van der Waals surface area contributed by atoms with Crippen molar-refractivity contribution in [1.82, 2.24) is 4.98 Å². The summed E-state index contributed by atoms with van der Waals surface area (Å²) >= 11 is 0. The van der Waals surface area contributed by atoms with Gasteiger partial charge in [0, 0.05) is 0 Å². The number of azo groups is 1. The summed E-state index contributed by atoms with van der Waals surface area (Å²) in [7, 11) is 0. The summed E-state index contributed by atoms with van der Waals surface area (Å²) < 4.78 is 0. The summed E-state index contributed by atoms with van der Waals surface area (Å²) in [6, 6.07) is 12.7. The molecule has 0 bridgehead atoms. The Morgan fingerprint density at radius 2 is 1.56 bits per heavy atom. The molecule has 0 aliphatic heterocycles. The zero-order valence-electron chi connectivity index (χ0n) is 9.32. The summed E-state index contributed by atoms with van der Waals surface area (Å²) in [6.45, 7) is 0. The van der Waals surface area contributed by atoms with E-state index in [4.69, 9.17) is 11.5 Å². The van der Waals surface area contributed by atoms with Crippen LogP contribution in [0, 0.1) is 0 Å². The normalized spacial score (nSPS) is 9.56. The van der Waals surface area contributed by atoms with E-state index in [1.54, 1.807) is 12.1 Å². The Morgan fingerprint density at radius 1 is 0.889 bits per heavy atom. The van der Waals surface area contributed by atoms with Gasteiger partial charge in [-0.2, -0.15) is 5.11 Å². The molecule has 5 nitrogen and oxygen atoms in total. The van der Waals surface area contributed by atoms with Crippen LogP contribution in [0.3, 0.4) is 0 Å². The van der Waals surface area contributed by atoms with Crippen molar-refractivity contribution in [3.63, 3.8) is 0 Å². The van der Waals surface area contributed by atoms with Crippen molar-refractivity contribution in [3.8, 4) is 0 Å². The molecule has 2 rings (SSSR count). The molecule has 0 unspecified atom stereocenters. The van der Waals surface area contributed by atoms with Gasteiger partial charge in [-0.05, 0) is 24.3 Å². The second-order valence-corrected chi connectivity index (χ2v) is 3.18. The topological polar surface area (TPSA) is 89.6 Å². The molecule has 0 fully saturated rings. The first kappa shape index (κ1) is 16.3. The molecule has 0 atom stereocenters. The molecule has 0 saturated heterocycles. The highest BCUT2D eigenvalue weighted by molar-refractivity contribution is 5.85. The van der Waals surface area contributed by atoms with Crippen molar-refractivity contribution >= 4 is 35.4 Å². The van der Waals surface area contributed by atoms with Gasteiger partial charge in [-0.25, -0.2) is 4.98 Å². The third kappa shape index (κ3) is 4.31. The van der Waals surface area contributed by atoms with Gasteiger partial charge in [-0.3, -0.25) is 0 Å². The molecule has 0 spiro atoms. The Balaban J connectivity index is 0.00000144. The van der Waals surface area contributed by atoms with Gasteiger partial charge in [-0.15, -0.1) is 17.5 Å². The van der Waals surface area contributed by atoms with Crippen molar-refractivity contribution < 1.29 is 17.0 Å². The fourth-order valence-corrected chi connectivity index (χ4v) is 1.17. The van der Waals surface area contributed by atoms with Crippen LogP contribution in [0.5, 0.6) is 0 Å². The molecule has 0 saturated carbocycles. The van der Waals surface area contributed by atoms with Gasteiger partial charge in [0.2, 0.25) is 0 Å². The molecule has 18 heavy (non-hydrogen) atoms. The number of hydrogen-bond acceptors (Lipinski definition) is 5. The number of halogens is 2. The smallest absolute Gasteiger partial charge is 0.153 e. The number of aromatic nitrogens is 1. The Bertz CT molecular complexity index is 518. The largest absolute Gasteiger partial charge is 1.00 e. The predicted molar refractivity (Wildman–Crippen MR) is 70.9 cm³/mol. The summed E-state index contributed by atoms with van der Waals surface area (Å²) in [5, 5.41) is 8.03. The fraction of sp³-hybridized carbons (Fsp3) is 0. The third-order valence-corrected chi connectivity index (χ3v) is 1.95. The van der Waals surface area contributed by atoms with Gasteiger partial charge >= 0.3 is 0 Å². The van der Waals surface area contributed by atoms with E-state index in [0.29, 0.717) is 11.5 Å². The van der Waals surface area contributed by atoms with Crippen molar-refractivity contribution in [3.05, 3.63) is 42.5 Å². The van der Waals surface area contributed by atoms with Crippen LogP contribution in [0.25, 0.3) is 0 Å². The Kier molecular flexibility index (Phi) is 6.92. The average molecular weight is 330 g/mol. The summed E-state index contributed by atoms with van der Waals surface area (Å²) in [6.07, 6.45) is 0. The average Bonchev–Trinajstić information content (AvgIpc) is 2.29. The molecular weight excluding hydrogens is 318 g/mol. The minimum absolute atomic E-state index is 0. The van der Waals surface area contributed by atoms with Gasteiger partial charge in [0.05, 0.1) is 5.69 Å². The molecule has 1 aromatic carbocycles. The highest BCUT2D eigenvalue weighted by atomic mass is 79.9. The maximum Gasteiger partial charge on any atom is 0.153 e. The van der Waals surface area contributed by atoms with E-state index in [0.717, 1.165) is 5.69 Å². The second-order valence-electron chi connectivity index (χ2n) is 3.18. The molecule has 0 radical (unpaired) electrons. The first-order valence-electron chi connectivity index (χ1n) is 4.74. The Hall–Kier alpha value is -1.66. The van der Waals surface area contributed by atoms with Crippen molar-refractivity contribution in [2.24, 2.45) is 10.2 Å². The van der Waals surface area contributed by atoms with Crippen LogP contribution in [-0.2, 0) is 0 Å². The summed E-state index contributed by atoms with van der Waals surface area (Å²) in [4.78, 5) is 3.89. The van der Waals surface area contributed by atoms with E-state index < -0.39 is 0 Å². The number of anilines is 2. The molecule has 96 valence electrons. The van der Waals surface area contributed by atoms with Crippen LogP contribution in [-0.4, -0.2) is 4.98 Å². The zero-order chi connectivity index (χ0) is 11.4. The van der Waals surface area contributed by atoms with Gasteiger partial charge in [0.1, 0.15) is 11.5 Å². The lowest BCUT2D eigenvalue weighted by molar-refractivity contribution is -0.00000362. The van der Waals surface area contributed by atoms with Crippen molar-refractivity contribution in [2.45, 2.75) is 0 Å². The lowest BCUT2D eigenvalue weighted by Crippen LogP contribution is -3.00. The van der Waals surface area contributed by atoms with Crippen molar-refractivity contribution in [1.29, 1.82) is 0 Å². The maximum atomic E-state index is 5.64. The van der Waals surface area contributed by atoms with Gasteiger partial charge < -0.3 is 28.4 Å². The van der Waals surface area contributed by atoms with E-state index in [1.165, 1.54) is 0 Å². The molecule has 1 aromatic heterocycles. The van der Waals surface area contributed by atoms with E-state index in [1.807, 2.05) is 30.3 Å². The first-order valence-corrected chi connectivity index (χ1v) is 4.74. The summed E-state index contributed by atoms with van der Waals surface area (Å²) in [5.41, 5.74) is 12.4. The molecule has 4 N–H and O–H groups in total. The minimum Gasteiger partial charge on any atom is -1.00 e. The Labute approximate surface area is 122 Å². The van der Waals surface area contributed by atoms with E-state index in [9.17, 15) is 0 Å². The van der Waals surface area contributed by atoms with Crippen LogP contribution in [0.2, 0.25) is 0 Å². The minimum atomic E-state index is 0. The second kappa shape index (κ2) is 7.62. The van der Waals surface area contributed by atoms with Gasteiger partial charge in [0.15, 0.2) is 5.82 Å². The number of rotatable bonds is 2. The lowest BCUT2D eigenvalue weighted by Gasteiger charge is -1.98. The molecule has 0 amide bonds. The van der Waals surface area contributed by atoms with Gasteiger partial charge in [-0.1, -0.05) is 18.2 Å². The third-order valence-electron chi connectivity index (χ3n) is 1.95. The molecule has 1 heterocycles. The number of nitrogens with two attached hydrogens (primary N) is 2. The molecule has 7 heteroatoms. The van der Waals surface area contributed by atoms with E-state index in [2.05, 4.69) is 15.2 Å². The van der Waals surface area contributed by atoms with Crippen LogP contribution in [0.15, 0.2) is 52.7 Å². The number of benzene rings is 1. The quantitative estimate of drug-likeness (QED) is 0.765. The van der Waals surface area contributed by atoms with Crippen molar-refractivity contribution in [2.75, 3.05) is 11.5 Å². The molecule has 0 aliphatic rings. The maximum absolute atomic E-state index is 5.64. The standard InChI is InChI=1S/C11H11N5.BrH.ClH/c12-10-7-6-9(11(13)14-10)16-15-8-4-2-1-3-5-8;;/h1-7H,(H4,12,13,14);2*1H/p-1. The van der Waals surface area contributed by atoms with Crippen LogP contribution in [0.4, 0.5) is 23.0 Å². The predicted octanol–water partition coefficient (Wildman–Crippen LogP) is 0.0872. The zero-order valence-corrected chi connectivity index (χ0v) is 11.7. The highest BCUT2D eigenvalue weighted by Crippen LogP contribution is 2.23. The SMILES string of the molecule is Cl.Nc1ccc(N=Nc2ccccc2)c(N)n1.[Br-]. The van der Waals surface area contributed by atoms with Gasteiger partial charge in [0.25, 0.3) is 0 Å². The first-order chi connectivity index (χ1) is 7.75. The van der Waals surface area contributed by atoms with E-state index in [-0.39, 0.29) is 35.2 Å². The lowest BCUT2D eigenvalue weighted by atomic mass is 10.3. The molecule has 0 aliphatic carbocycles. The van der Waals surface area contributed by atoms with Crippen LogP contribution in [0.1, 0.15) is 0 Å². The monoisotopic (exact) mass is 328 g/mol. The Morgan fingerprint density at radius 3 is 2.17 bits per heavy atom. The number of pyridine rings is 1. The summed E-state index contributed by atoms with van der Waals surface area (Å²) in [5.74, 6) is 0.649. The highest BCUT2D eigenvalue weighted by Gasteiger charge is 1.98. The number of nitrogen functional groups attached to an aromatic ring is 2. The number of nitrogens with zero attached hydrogens (tertiary/aromatic N) is 3. The molecule has 2 aromatic rings. The number of hydrogen-bond donors (Lipinski definition) is 2. The van der Waals surface area contributed by atoms with Crippen LogP contribution >= 0.6 is 12.4 Å². The van der Waals surface area contributed by atoms with E-state index >= 15 is 0 Å². The fourth-order valence-electron chi connectivity index (χ4n) is 1.17. The molecular formula is C11H12BrClN5-. The van der Waals surface area contributed by atoms with Crippen LogP contribution < -0.4 is 28.4 Å².